The van der Waals surface area contributed by atoms with Crippen LogP contribution in [0, 0.1) is 11.8 Å². The van der Waals surface area contributed by atoms with Crippen LogP contribution in [0.3, 0.4) is 0 Å². The van der Waals surface area contributed by atoms with Crippen LogP contribution in [-0.2, 0) is 16.0 Å². The molecule has 1 N–H and O–H groups in total. The highest BCUT2D eigenvalue weighted by Gasteiger charge is 2.52. The average molecular weight is 421 g/mol. The van der Waals surface area contributed by atoms with Gasteiger partial charge < -0.3 is 15.1 Å². The molecule has 3 saturated heterocycles. The quantitative estimate of drug-likeness (QED) is 0.787. The van der Waals surface area contributed by atoms with E-state index < -0.39 is 6.04 Å². The molecule has 31 heavy (non-hydrogen) atoms. The lowest BCUT2D eigenvalue weighted by atomic mass is 9.72. The molecule has 0 unspecified atom stereocenters. The molecule has 5 rings (SSSR count). The van der Waals surface area contributed by atoms with Gasteiger partial charge in [-0.25, -0.2) is 9.97 Å². The zero-order valence-corrected chi connectivity index (χ0v) is 17.6. The number of rotatable bonds is 5. The highest BCUT2D eigenvalue weighted by Crippen LogP contribution is 2.42. The van der Waals surface area contributed by atoms with Gasteiger partial charge >= 0.3 is 0 Å². The second-order valence-electron chi connectivity index (χ2n) is 8.82. The number of aromatic nitrogens is 3. The minimum absolute atomic E-state index is 0.0385. The summed E-state index contributed by atoms with van der Waals surface area (Å²) >= 11 is 0. The fourth-order valence-corrected chi connectivity index (χ4v) is 5.59. The first-order valence-electron chi connectivity index (χ1n) is 11.2. The summed E-state index contributed by atoms with van der Waals surface area (Å²) in [6.45, 7) is 2.07. The molecule has 3 fully saturated rings. The van der Waals surface area contributed by atoms with Crippen LogP contribution >= 0.6 is 0 Å². The lowest BCUT2D eigenvalue weighted by molar-refractivity contribution is -0.156. The van der Waals surface area contributed by atoms with Crippen LogP contribution in [-0.4, -0.2) is 63.4 Å². The van der Waals surface area contributed by atoms with E-state index >= 15 is 0 Å². The van der Waals surface area contributed by atoms with Gasteiger partial charge in [0.15, 0.2) is 0 Å². The van der Waals surface area contributed by atoms with Crippen molar-refractivity contribution in [3.63, 3.8) is 0 Å². The molecule has 0 spiro atoms. The number of carbonyl (C=O) groups is 2. The van der Waals surface area contributed by atoms with Crippen LogP contribution in [0.5, 0.6) is 0 Å². The molecule has 8 heteroatoms. The van der Waals surface area contributed by atoms with E-state index in [0.29, 0.717) is 31.4 Å². The van der Waals surface area contributed by atoms with Crippen LogP contribution in [0.1, 0.15) is 31.2 Å². The number of piperidine rings is 3. The van der Waals surface area contributed by atoms with Crippen molar-refractivity contribution in [1.29, 1.82) is 0 Å². The summed E-state index contributed by atoms with van der Waals surface area (Å²) in [5, 5.41) is 3.10. The molecule has 5 heterocycles. The third-order valence-corrected chi connectivity index (χ3v) is 6.88. The van der Waals surface area contributed by atoms with E-state index in [4.69, 9.17) is 0 Å². The van der Waals surface area contributed by atoms with E-state index in [0.717, 1.165) is 37.8 Å². The highest BCUT2D eigenvalue weighted by atomic mass is 16.2. The minimum Gasteiger partial charge on any atom is -0.354 e. The van der Waals surface area contributed by atoms with Crippen molar-refractivity contribution in [2.45, 2.75) is 44.2 Å². The van der Waals surface area contributed by atoms with E-state index in [1.807, 2.05) is 29.3 Å². The normalized spacial score (nSPS) is 27.5. The minimum atomic E-state index is -0.422. The maximum atomic E-state index is 13.4. The Morgan fingerprint density at radius 3 is 2.77 bits per heavy atom. The molecule has 3 aliphatic rings. The maximum absolute atomic E-state index is 13.4. The van der Waals surface area contributed by atoms with Gasteiger partial charge in [-0.3, -0.25) is 14.6 Å². The monoisotopic (exact) mass is 420 g/mol. The second-order valence-corrected chi connectivity index (χ2v) is 8.82. The predicted molar refractivity (Wildman–Crippen MR) is 115 cm³/mol. The van der Waals surface area contributed by atoms with E-state index in [1.54, 1.807) is 18.6 Å². The standard InChI is InChI=1S/C23H28N6O2/c30-20-6-1-5-19-17-12-18(15-28(14-17)23-26-9-3-10-27-23)21(29(19)20)22(31)25-11-7-16-4-2-8-24-13-16/h2-4,8-10,13,17-19,21H,1,5-7,11-12,14-15H2,(H,25,31)/t17-,18+,19-,21+/m0/s1. The Bertz CT molecular complexity index is 924. The molecule has 2 amide bonds. The van der Waals surface area contributed by atoms with Crippen LogP contribution in [0.4, 0.5) is 5.95 Å². The molecule has 2 aromatic heterocycles. The number of anilines is 1. The SMILES string of the molecule is O=C(NCCc1cccnc1)[C@H]1[C@@H]2C[C@@H](CN(c3ncccn3)C2)[C@@H]2CCCC(=O)N21. The highest BCUT2D eigenvalue weighted by molar-refractivity contribution is 5.89. The van der Waals surface area contributed by atoms with Crippen molar-refractivity contribution in [3.05, 3.63) is 48.5 Å². The summed E-state index contributed by atoms with van der Waals surface area (Å²) in [5.41, 5.74) is 1.09. The van der Waals surface area contributed by atoms with Crippen LogP contribution in [0.2, 0.25) is 0 Å². The average Bonchev–Trinajstić information content (AvgIpc) is 2.81. The van der Waals surface area contributed by atoms with Gasteiger partial charge in [0.2, 0.25) is 17.8 Å². The van der Waals surface area contributed by atoms with Gasteiger partial charge in [-0.15, -0.1) is 0 Å². The van der Waals surface area contributed by atoms with Gasteiger partial charge in [0.25, 0.3) is 0 Å². The predicted octanol–water partition coefficient (Wildman–Crippen LogP) is 1.44. The Morgan fingerprint density at radius 2 is 1.97 bits per heavy atom. The van der Waals surface area contributed by atoms with Crippen molar-refractivity contribution in [1.82, 2.24) is 25.2 Å². The number of hydrogen-bond donors (Lipinski definition) is 1. The molecule has 0 radical (unpaired) electrons. The molecule has 0 aliphatic carbocycles. The lowest BCUT2D eigenvalue weighted by Gasteiger charge is -2.55. The van der Waals surface area contributed by atoms with Gasteiger partial charge in [0, 0.05) is 62.8 Å². The van der Waals surface area contributed by atoms with Gasteiger partial charge in [-0.2, -0.15) is 0 Å². The summed E-state index contributed by atoms with van der Waals surface area (Å²) in [7, 11) is 0. The molecule has 162 valence electrons. The largest absolute Gasteiger partial charge is 0.354 e. The lowest BCUT2D eigenvalue weighted by Crippen LogP contribution is -2.68. The number of amides is 2. The molecule has 3 aliphatic heterocycles. The molecule has 4 atom stereocenters. The molecule has 2 aromatic rings. The Morgan fingerprint density at radius 1 is 1.13 bits per heavy atom. The topological polar surface area (TPSA) is 91.3 Å². The molecule has 8 nitrogen and oxygen atoms in total. The summed E-state index contributed by atoms with van der Waals surface area (Å²) in [5.74, 6) is 1.24. The molecular weight excluding hydrogens is 392 g/mol. The summed E-state index contributed by atoms with van der Waals surface area (Å²) < 4.78 is 0. The number of pyridine rings is 1. The Balaban J connectivity index is 1.35. The third kappa shape index (κ3) is 3.98. The van der Waals surface area contributed by atoms with Crippen molar-refractivity contribution < 1.29 is 9.59 Å². The molecule has 0 aromatic carbocycles. The number of fused-ring (bicyclic) bond motifs is 4. The Labute approximate surface area is 182 Å². The third-order valence-electron chi connectivity index (χ3n) is 6.88. The summed E-state index contributed by atoms with van der Waals surface area (Å²) in [6.07, 6.45) is 11.2. The van der Waals surface area contributed by atoms with Gasteiger partial charge in [0.1, 0.15) is 6.04 Å². The van der Waals surface area contributed by atoms with E-state index in [2.05, 4.69) is 25.2 Å². The van der Waals surface area contributed by atoms with E-state index in [9.17, 15) is 9.59 Å². The maximum Gasteiger partial charge on any atom is 0.243 e. The molecular formula is C23H28N6O2. The van der Waals surface area contributed by atoms with Gasteiger partial charge in [-0.1, -0.05) is 6.07 Å². The van der Waals surface area contributed by atoms with E-state index in [1.165, 1.54) is 0 Å². The first kappa shape index (κ1) is 19.9. The number of hydrogen-bond acceptors (Lipinski definition) is 6. The first-order chi connectivity index (χ1) is 15.2. The van der Waals surface area contributed by atoms with E-state index in [-0.39, 0.29) is 23.8 Å². The second kappa shape index (κ2) is 8.61. The number of nitrogens with zero attached hydrogens (tertiary/aromatic N) is 5. The van der Waals surface area contributed by atoms with Crippen molar-refractivity contribution in [2.75, 3.05) is 24.5 Å². The van der Waals surface area contributed by atoms with Crippen molar-refractivity contribution in [2.24, 2.45) is 11.8 Å². The van der Waals surface area contributed by atoms with Crippen LogP contribution < -0.4 is 10.2 Å². The van der Waals surface area contributed by atoms with Crippen LogP contribution in [0.15, 0.2) is 43.0 Å². The Kier molecular flexibility index (Phi) is 5.53. The van der Waals surface area contributed by atoms with Gasteiger partial charge in [0.05, 0.1) is 0 Å². The fraction of sp³-hybridized carbons (Fsp3) is 0.522. The summed E-state index contributed by atoms with van der Waals surface area (Å²) in [4.78, 5) is 43.4. The number of carbonyl (C=O) groups excluding carboxylic acids is 2. The number of nitrogens with one attached hydrogen (secondary N) is 1. The molecule has 0 saturated carbocycles. The first-order valence-corrected chi connectivity index (χ1v) is 11.2. The summed E-state index contributed by atoms with van der Waals surface area (Å²) in [6, 6.07) is 5.42. The fourth-order valence-electron chi connectivity index (χ4n) is 5.59. The zero-order valence-electron chi connectivity index (χ0n) is 17.6. The molecule has 2 bridgehead atoms. The van der Waals surface area contributed by atoms with Crippen molar-refractivity contribution >= 4 is 17.8 Å². The smallest absolute Gasteiger partial charge is 0.243 e. The van der Waals surface area contributed by atoms with Crippen molar-refractivity contribution in [3.8, 4) is 0 Å². The van der Waals surface area contributed by atoms with Gasteiger partial charge in [-0.05, 0) is 49.3 Å². The van der Waals surface area contributed by atoms with Crippen LogP contribution in [0.25, 0.3) is 0 Å². The Hall–Kier alpha value is -3.03. The zero-order chi connectivity index (χ0) is 21.2.